The number of pyridine rings is 1. The fraction of sp³-hybridized carbons (Fsp3) is 0.500. The average Bonchev–Trinajstić information content (AvgIpc) is 2.26. The van der Waals surface area contributed by atoms with Gasteiger partial charge in [-0.3, -0.25) is 10.1 Å². The van der Waals surface area contributed by atoms with Crippen molar-refractivity contribution >= 4 is 23.3 Å². The smallest absolute Gasteiger partial charge is 0.345 e. The number of esters is 1. The van der Waals surface area contributed by atoms with E-state index in [9.17, 15) is 14.9 Å². The van der Waals surface area contributed by atoms with E-state index in [2.05, 4.69) is 4.98 Å². The predicted molar refractivity (Wildman–Crippen MR) is 70.2 cm³/mol. The number of nitrogens with zero attached hydrogens (tertiary/aromatic N) is 2. The minimum absolute atomic E-state index is 0.00839. The third kappa shape index (κ3) is 4.48. The van der Waals surface area contributed by atoms with Crippen LogP contribution >= 0.6 is 11.6 Å². The summed E-state index contributed by atoms with van der Waals surface area (Å²) < 4.78 is 5.16. The minimum Gasteiger partial charge on any atom is -0.459 e. The van der Waals surface area contributed by atoms with Gasteiger partial charge in [-0.25, -0.2) is 9.78 Å². The van der Waals surface area contributed by atoms with Crippen LogP contribution in [0.3, 0.4) is 0 Å². The first-order valence-corrected chi connectivity index (χ1v) is 6.20. The van der Waals surface area contributed by atoms with Crippen molar-refractivity contribution < 1.29 is 14.5 Å². The van der Waals surface area contributed by atoms with Crippen LogP contribution in [-0.4, -0.2) is 22.0 Å². The summed E-state index contributed by atoms with van der Waals surface area (Å²) in [5, 5.41) is 10.8. The highest BCUT2D eigenvalue weighted by molar-refractivity contribution is 6.29. The molecule has 0 spiro atoms. The Morgan fingerprint density at radius 3 is 2.68 bits per heavy atom. The molecule has 0 N–H and O–H groups in total. The van der Waals surface area contributed by atoms with E-state index < -0.39 is 16.6 Å². The van der Waals surface area contributed by atoms with Crippen LogP contribution in [-0.2, 0) is 4.74 Å². The first-order valence-electron chi connectivity index (χ1n) is 5.82. The maximum Gasteiger partial charge on any atom is 0.345 e. The van der Waals surface area contributed by atoms with Gasteiger partial charge in [0.1, 0.15) is 16.9 Å². The SMILES string of the molecule is CC(C)CC(C)OC(=O)c1cc(Cl)ncc1[N+](=O)[O-]. The lowest BCUT2D eigenvalue weighted by atomic mass is 10.1. The normalized spacial score (nSPS) is 12.3. The lowest BCUT2D eigenvalue weighted by molar-refractivity contribution is -0.385. The second kappa shape index (κ2) is 6.47. The number of ether oxygens (including phenoxy) is 1. The Labute approximate surface area is 115 Å². The van der Waals surface area contributed by atoms with E-state index in [1.807, 2.05) is 13.8 Å². The molecule has 0 aliphatic carbocycles. The van der Waals surface area contributed by atoms with Crippen molar-refractivity contribution in [3.8, 4) is 0 Å². The Morgan fingerprint density at radius 2 is 2.16 bits per heavy atom. The quantitative estimate of drug-likeness (QED) is 0.359. The van der Waals surface area contributed by atoms with Crippen LogP contribution in [0.5, 0.6) is 0 Å². The van der Waals surface area contributed by atoms with Gasteiger partial charge >= 0.3 is 11.7 Å². The predicted octanol–water partition coefficient (Wildman–Crippen LogP) is 3.23. The molecule has 104 valence electrons. The van der Waals surface area contributed by atoms with Crippen LogP contribution in [0.4, 0.5) is 5.69 Å². The summed E-state index contributed by atoms with van der Waals surface area (Å²) in [5.74, 6) is -0.400. The summed E-state index contributed by atoms with van der Waals surface area (Å²) in [6, 6.07) is 1.14. The number of aromatic nitrogens is 1. The van der Waals surface area contributed by atoms with Crippen LogP contribution in [0.15, 0.2) is 12.3 Å². The van der Waals surface area contributed by atoms with Gasteiger partial charge in [0.25, 0.3) is 0 Å². The number of carbonyl (C=O) groups excluding carboxylic acids is 1. The molecule has 0 fully saturated rings. The first-order chi connectivity index (χ1) is 8.81. The summed E-state index contributed by atoms with van der Waals surface area (Å²) in [6.45, 7) is 5.73. The molecule has 0 bridgehead atoms. The maximum atomic E-state index is 11.9. The molecule has 1 heterocycles. The highest BCUT2D eigenvalue weighted by atomic mass is 35.5. The molecular weight excluding hydrogens is 272 g/mol. The zero-order valence-electron chi connectivity index (χ0n) is 10.9. The Balaban J connectivity index is 2.92. The third-order valence-corrected chi connectivity index (χ3v) is 2.58. The van der Waals surface area contributed by atoms with Gasteiger partial charge in [-0.15, -0.1) is 0 Å². The van der Waals surface area contributed by atoms with Crippen molar-refractivity contribution in [1.29, 1.82) is 0 Å². The Kier molecular flexibility index (Phi) is 5.23. The number of hydrogen-bond donors (Lipinski definition) is 0. The summed E-state index contributed by atoms with van der Waals surface area (Å²) in [6.07, 6.45) is 1.31. The molecule has 0 aliphatic rings. The Morgan fingerprint density at radius 1 is 1.53 bits per heavy atom. The van der Waals surface area contributed by atoms with Crippen LogP contribution in [0.2, 0.25) is 5.15 Å². The van der Waals surface area contributed by atoms with Crippen LogP contribution in [0.25, 0.3) is 0 Å². The topological polar surface area (TPSA) is 82.3 Å². The molecule has 0 aliphatic heterocycles. The molecule has 0 saturated heterocycles. The fourth-order valence-electron chi connectivity index (χ4n) is 1.69. The van der Waals surface area contributed by atoms with Crippen molar-refractivity contribution in [3.05, 3.63) is 33.1 Å². The molecule has 0 amide bonds. The van der Waals surface area contributed by atoms with Crippen LogP contribution in [0, 0.1) is 16.0 Å². The molecule has 1 aromatic heterocycles. The zero-order valence-corrected chi connectivity index (χ0v) is 11.7. The van der Waals surface area contributed by atoms with Gasteiger partial charge in [0.2, 0.25) is 0 Å². The van der Waals surface area contributed by atoms with Gasteiger partial charge in [0.05, 0.1) is 11.0 Å². The van der Waals surface area contributed by atoms with Crippen LogP contribution < -0.4 is 0 Å². The number of rotatable bonds is 5. The van der Waals surface area contributed by atoms with E-state index in [4.69, 9.17) is 16.3 Å². The van der Waals surface area contributed by atoms with E-state index in [-0.39, 0.29) is 16.8 Å². The lowest BCUT2D eigenvalue weighted by Gasteiger charge is -2.15. The number of carbonyl (C=O) groups is 1. The second-order valence-corrected chi connectivity index (χ2v) is 5.01. The van der Waals surface area contributed by atoms with E-state index in [1.54, 1.807) is 6.92 Å². The van der Waals surface area contributed by atoms with Gasteiger partial charge in [-0.2, -0.15) is 0 Å². The standard InChI is InChI=1S/C12H15ClN2O4/c1-7(2)4-8(3)19-12(16)9-5-11(13)14-6-10(9)15(17)18/h5-8H,4H2,1-3H3. The average molecular weight is 287 g/mol. The van der Waals surface area contributed by atoms with Crippen LogP contribution in [0.1, 0.15) is 37.6 Å². The molecular formula is C12H15ClN2O4. The monoisotopic (exact) mass is 286 g/mol. The maximum absolute atomic E-state index is 11.9. The molecule has 0 aromatic carbocycles. The van der Waals surface area contributed by atoms with E-state index >= 15 is 0 Å². The first kappa shape index (κ1) is 15.4. The van der Waals surface area contributed by atoms with Gasteiger partial charge in [-0.1, -0.05) is 25.4 Å². The van der Waals surface area contributed by atoms with Gasteiger partial charge in [-0.05, 0) is 25.3 Å². The highest BCUT2D eigenvalue weighted by Crippen LogP contribution is 2.22. The molecule has 0 radical (unpaired) electrons. The molecule has 1 rings (SSSR count). The molecule has 1 unspecified atom stereocenters. The molecule has 19 heavy (non-hydrogen) atoms. The number of hydrogen-bond acceptors (Lipinski definition) is 5. The molecule has 0 saturated carbocycles. The Bertz CT molecular complexity index is 491. The van der Waals surface area contributed by atoms with E-state index in [0.29, 0.717) is 12.3 Å². The summed E-state index contributed by atoms with van der Waals surface area (Å²) in [7, 11) is 0. The highest BCUT2D eigenvalue weighted by Gasteiger charge is 2.24. The third-order valence-electron chi connectivity index (χ3n) is 2.38. The largest absolute Gasteiger partial charge is 0.459 e. The second-order valence-electron chi connectivity index (χ2n) is 4.63. The molecule has 1 aromatic rings. The summed E-state index contributed by atoms with van der Waals surface area (Å²) in [5.41, 5.74) is -0.591. The van der Waals surface area contributed by atoms with Gasteiger partial charge in [0.15, 0.2) is 0 Å². The van der Waals surface area contributed by atoms with Gasteiger partial charge < -0.3 is 4.74 Å². The van der Waals surface area contributed by atoms with Crippen molar-refractivity contribution in [3.63, 3.8) is 0 Å². The number of halogens is 1. The van der Waals surface area contributed by atoms with Crippen molar-refractivity contribution in [2.75, 3.05) is 0 Å². The lowest BCUT2D eigenvalue weighted by Crippen LogP contribution is -2.18. The number of nitro groups is 1. The summed E-state index contributed by atoms with van der Waals surface area (Å²) >= 11 is 5.64. The molecule has 1 atom stereocenters. The van der Waals surface area contributed by atoms with E-state index in [1.165, 1.54) is 0 Å². The fourth-order valence-corrected chi connectivity index (χ4v) is 1.85. The van der Waals surface area contributed by atoms with Gasteiger partial charge in [0, 0.05) is 0 Å². The molecule has 7 heteroatoms. The van der Waals surface area contributed by atoms with E-state index in [0.717, 1.165) is 12.3 Å². The zero-order chi connectivity index (χ0) is 14.6. The minimum atomic E-state index is -0.760. The Hall–Kier alpha value is -1.69. The van der Waals surface area contributed by atoms with Crippen molar-refractivity contribution in [2.45, 2.75) is 33.3 Å². The molecule has 6 nitrogen and oxygen atoms in total. The van der Waals surface area contributed by atoms with Crippen molar-refractivity contribution in [2.24, 2.45) is 5.92 Å². The van der Waals surface area contributed by atoms with Crippen molar-refractivity contribution in [1.82, 2.24) is 4.98 Å². The summed E-state index contributed by atoms with van der Waals surface area (Å²) in [4.78, 5) is 25.6.